The van der Waals surface area contributed by atoms with Crippen molar-refractivity contribution in [2.75, 3.05) is 11.1 Å². The third-order valence-electron chi connectivity index (χ3n) is 4.21. The number of halogens is 2. The van der Waals surface area contributed by atoms with Gasteiger partial charge in [-0.3, -0.25) is 0 Å². The minimum absolute atomic E-state index is 0.00129. The van der Waals surface area contributed by atoms with E-state index >= 15 is 0 Å². The molecule has 24 heavy (non-hydrogen) atoms. The highest BCUT2D eigenvalue weighted by molar-refractivity contribution is 9.10. The van der Waals surface area contributed by atoms with Gasteiger partial charge in [0, 0.05) is 4.47 Å². The minimum atomic E-state index is -0.245. The molecule has 0 aliphatic carbocycles. The molecular weight excluding hydrogens is 373 g/mol. The van der Waals surface area contributed by atoms with Crippen molar-refractivity contribution in [1.29, 1.82) is 0 Å². The van der Waals surface area contributed by atoms with E-state index in [1.54, 1.807) is 12.1 Å². The molecule has 0 saturated heterocycles. The van der Waals surface area contributed by atoms with Gasteiger partial charge < -0.3 is 11.1 Å². The van der Waals surface area contributed by atoms with Gasteiger partial charge in [-0.1, -0.05) is 40.2 Å². The summed E-state index contributed by atoms with van der Waals surface area (Å²) in [5, 5.41) is 7.67. The summed E-state index contributed by atoms with van der Waals surface area (Å²) in [5.41, 5.74) is 7.91. The molecule has 1 aliphatic rings. The van der Waals surface area contributed by atoms with E-state index in [4.69, 9.17) is 5.73 Å². The lowest BCUT2D eigenvalue weighted by Crippen LogP contribution is -2.28. The first-order valence-corrected chi connectivity index (χ1v) is 8.39. The number of anilines is 2. The van der Waals surface area contributed by atoms with Crippen LogP contribution in [0.15, 0.2) is 53.0 Å². The summed E-state index contributed by atoms with van der Waals surface area (Å²) in [6.45, 7) is 0. The first-order valence-electron chi connectivity index (χ1n) is 7.59. The average molecular weight is 388 g/mol. The maximum absolute atomic E-state index is 13.2. The molecule has 0 radical (unpaired) electrons. The van der Waals surface area contributed by atoms with Gasteiger partial charge in [-0.15, -0.1) is 5.10 Å². The van der Waals surface area contributed by atoms with Crippen LogP contribution < -0.4 is 11.1 Å². The van der Waals surface area contributed by atoms with Crippen molar-refractivity contribution in [3.63, 3.8) is 0 Å². The molecule has 4 rings (SSSR count). The van der Waals surface area contributed by atoms with Gasteiger partial charge in [0.1, 0.15) is 5.82 Å². The molecular formula is C17H15BrFN5. The highest BCUT2D eigenvalue weighted by Crippen LogP contribution is 2.38. The quantitative estimate of drug-likeness (QED) is 0.699. The Hall–Kier alpha value is -2.41. The molecule has 2 heterocycles. The lowest BCUT2D eigenvalue weighted by atomic mass is 9.93. The molecule has 3 aromatic rings. The zero-order chi connectivity index (χ0) is 16.7. The third-order valence-corrected chi connectivity index (χ3v) is 4.70. The minimum Gasteiger partial charge on any atom is -0.366 e. The molecule has 2 unspecified atom stereocenters. The number of nitrogens with one attached hydrogen (secondary N) is 1. The third kappa shape index (κ3) is 2.75. The van der Waals surface area contributed by atoms with Crippen LogP contribution >= 0.6 is 15.9 Å². The summed E-state index contributed by atoms with van der Waals surface area (Å²) < 4.78 is 16.0. The Morgan fingerprint density at radius 1 is 1.17 bits per heavy atom. The number of nitrogens with two attached hydrogens (primary N) is 1. The van der Waals surface area contributed by atoms with Crippen LogP contribution in [-0.2, 0) is 0 Å². The Morgan fingerprint density at radius 2 is 1.96 bits per heavy atom. The van der Waals surface area contributed by atoms with E-state index in [2.05, 4.69) is 43.5 Å². The fourth-order valence-electron chi connectivity index (χ4n) is 3.10. The maximum Gasteiger partial charge on any atom is 0.241 e. The zero-order valence-electron chi connectivity index (χ0n) is 12.7. The van der Waals surface area contributed by atoms with Crippen LogP contribution in [0.4, 0.5) is 16.3 Å². The highest BCUT2D eigenvalue weighted by atomic mass is 79.9. The first kappa shape index (κ1) is 15.1. The smallest absolute Gasteiger partial charge is 0.241 e. The molecule has 0 bridgehead atoms. The number of aromatic nitrogens is 3. The lowest BCUT2D eigenvalue weighted by Gasteiger charge is -2.31. The van der Waals surface area contributed by atoms with E-state index in [1.165, 1.54) is 12.1 Å². The number of rotatable bonds is 2. The number of nitrogens with zero attached hydrogens (tertiary/aromatic N) is 3. The molecule has 2 atom stereocenters. The van der Waals surface area contributed by atoms with E-state index in [0.29, 0.717) is 5.95 Å². The average Bonchev–Trinajstić information content (AvgIpc) is 2.94. The predicted octanol–water partition coefficient (Wildman–Crippen LogP) is 3.91. The fourth-order valence-corrected chi connectivity index (χ4v) is 3.52. The van der Waals surface area contributed by atoms with Gasteiger partial charge in [0.15, 0.2) is 0 Å². The Bertz CT molecular complexity index is 877. The van der Waals surface area contributed by atoms with Crippen molar-refractivity contribution in [2.45, 2.75) is 18.5 Å². The second-order valence-electron chi connectivity index (χ2n) is 5.79. The molecule has 5 nitrogen and oxygen atoms in total. The van der Waals surface area contributed by atoms with E-state index in [-0.39, 0.29) is 23.8 Å². The van der Waals surface area contributed by atoms with Crippen LogP contribution in [0.2, 0.25) is 0 Å². The molecule has 3 N–H and O–H groups in total. The van der Waals surface area contributed by atoms with Crippen LogP contribution in [0.25, 0.3) is 0 Å². The second-order valence-corrected chi connectivity index (χ2v) is 6.71. The monoisotopic (exact) mass is 387 g/mol. The molecule has 0 amide bonds. The molecule has 2 aromatic carbocycles. The molecule has 1 aliphatic heterocycles. The van der Waals surface area contributed by atoms with Gasteiger partial charge in [-0.25, -0.2) is 9.07 Å². The molecule has 0 saturated carbocycles. The van der Waals surface area contributed by atoms with E-state index in [0.717, 1.165) is 22.0 Å². The van der Waals surface area contributed by atoms with Crippen molar-refractivity contribution >= 4 is 27.8 Å². The summed E-state index contributed by atoms with van der Waals surface area (Å²) in [6.07, 6.45) is 0.762. The van der Waals surface area contributed by atoms with Crippen molar-refractivity contribution in [2.24, 2.45) is 0 Å². The van der Waals surface area contributed by atoms with E-state index < -0.39 is 0 Å². The first-order chi connectivity index (χ1) is 11.6. The topological polar surface area (TPSA) is 68.8 Å². The molecule has 7 heteroatoms. The van der Waals surface area contributed by atoms with Crippen molar-refractivity contribution in [3.05, 3.63) is 69.9 Å². The molecule has 0 fully saturated rings. The summed E-state index contributed by atoms with van der Waals surface area (Å²) in [7, 11) is 0. The van der Waals surface area contributed by atoms with Crippen LogP contribution in [0.5, 0.6) is 0 Å². The highest BCUT2D eigenvalue weighted by Gasteiger charge is 2.30. The molecule has 0 spiro atoms. The van der Waals surface area contributed by atoms with Gasteiger partial charge in [-0.05, 0) is 41.8 Å². The van der Waals surface area contributed by atoms with Crippen molar-refractivity contribution < 1.29 is 4.39 Å². The van der Waals surface area contributed by atoms with Gasteiger partial charge in [0.2, 0.25) is 11.9 Å². The summed E-state index contributed by atoms with van der Waals surface area (Å²) in [5.74, 6) is 0.612. The predicted molar refractivity (Wildman–Crippen MR) is 94.1 cm³/mol. The summed E-state index contributed by atoms with van der Waals surface area (Å²) in [4.78, 5) is 4.28. The van der Waals surface area contributed by atoms with E-state index in [1.807, 2.05) is 16.8 Å². The van der Waals surface area contributed by atoms with Crippen LogP contribution in [0.1, 0.15) is 29.6 Å². The number of nitrogen functional groups attached to an aromatic ring is 1. The molecule has 122 valence electrons. The van der Waals surface area contributed by atoms with Gasteiger partial charge in [-0.2, -0.15) is 4.98 Å². The number of hydrogen-bond donors (Lipinski definition) is 2. The normalized spacial score (nSPS) is 19.6. The Kier molecular flexibility index (Phi) is 3.72. The van der Waals surface area contributed by atoms with Crippen LogP contribution in [0, 0.1) is 5.82 Å². The van der Waals surface area contributed by atoms with E-state index in [9.17, 15) is 4.39 Å². The van der Waals surface area contributed by atoms with Crippen molar-refractivity contribution in [3.8, 4) is 0 Å². The Labute approximate surface area is 146 Å². The van der Waals surface area contributed by atoms with Gasteiger partial charge >= 0.3 is 0 Å². The second kappa shape index (κ2) is 5.90. The Balaban J connectivity index is 1.76. The fraction of sp³-hybridized carbons (Fsp3) is 0.176. The van der Waals surface area contributed by atoms with Crippen LogP contribution in [0.3, 0.4) is 0 Å². The summed E-state index contributed by atoms with van der Waals surface area (Å²) >= 11 is 3.51. The van der Waals surface area contributed by atoms with Gasteiger partial charge in [0.05, 0.1) is 12.1 Å². The number of hydrogen-bond acceptors (Lipinski definition) is 4. The SMILES string of the molecule is Nc1nc2n(n1)C(c1cccc(Br)c1)CC(c1ccc(F)cc1)N2. The maximum atomic E-state index is 13.2. The Morgan fingerprint density at radius 3 is 2.71 bits per heavy atom. The summed E-state index contributed by atoms with van der Waals surface area (Å²) in [6, 6.07) is 14.6. The number of fused-ring (bicyclic) bond motifs is 1. The van der Waals surface area contributed by atoms with Crippen LogP contribution in [-0.4, -0.2) is 14.8 Å². The molecule has 1 aromatic heterocycles. The zero-order valence-corrected chi connectivity index (χ0v) is 14.2. The van der Waals surface area contributed by atoms with Crippen molar-refractivity contribution in [1.82, 2.24) is 14.8 Å². The number of benzene rings is 2. The standard InChI is InChI=1S/C17H15BrFN5/c18-12-3-1-2-11(8-12)15-9-14(10-4-6-13(19)7-5-10)21-17-22-16(20)23-24(15)17/h1-8,14-15H,9H2,(H3,20,21,22,23). The largest absolute Gasteiger partial charge is 0.366 e. The lowest BCUT2D eigenvalue weighted by molar-refractivity contribution is 0.431. The van der Waals surface area contributed by atoms with Gasteiger partial charge in [0.25, 0.3) is 0 Å².